The summed E-state index contributed by atoms with van der Waals surface area (Å²) < 4.78 is 0. The zero-order valence-electron chi connectivity index (χ0n) is 9.45. The van der Waals surface area contributed by atoms with Crippen LogP contribution in [-0.2, 0) is 0 Å². The minimum Gasteiger partial charge on any atom is -0.409 e. The summed E-state index contributed by atoms with van der Waals surface area (Å²) in [5.41, 5.74) is 6.33. The first-order chi connectivity index (χ1) is 8.29. The van der Waals surface area contributed by atoms with E-state index in [9.17, 15) is 0 Å². The number of hydrogen-bond acceptors (Lipinski definition) is 5. The van der Waals surface area contributed by atoms with E-state index >= 15 is 0 Å². The lowest BCUT2D eigenvalue weighted by Crippen LogP contribution is -2.34. The summed E-state index contributed by atoms with van der Waals surface area (Å²) in [6.45, 7) is 1.01. The van der Waals surface area contributed by atoms with E-state index in [0.717, 1.165) is 18.3 Å². The Morgan fingerprint density at radius 1 is 1.53 bits per heavy atom. The van der Waals surface area contributed by atoms with Crippen molar-refractivity contribution in [2.45, 2.75) is 25.3 Å². The Balaban J connectivity index is 1.98. The van der Waals surface area contributed by atoms with E-state index in [1.165, 1.54) is 19.3 Å². The van der Waals surface area contributed by atoms with E-state index in [4.69, 9.17) is 10.9 Å². The van der Waals surface area contributed by atoms with Crippen LogP contribution in [0.5, 0.6) is 0 Å². The molecule has 1 saturated carbocycles. The van der Waals surface area contributed by atoms with Crippen LogP contribution in [0.25, 0.3) is 0 Å². The first kappa shape index (κ1) is 10.3. The van der Waals surface area contributed by atoms with Gasteiger partial charge in [-0.15, -0.1) is 5.10 Å². The van der Waals surface area contributed by atoms with E-state index in [1.54, 1.807) is 12.3 Å². The molecule has 1 aromatic rings. The number of amidine groups is 1. The Labute approximate surface area is 99.1 Å². The molecular formula is C11H15N5O. The third-order valence-electron chi connectivity index (χ3n) is 3.77. The van der Waals surface area contributed by atoms with Crippen LogP contribution in [0.3, 0.4) is 0 Å². The van der Waals surface area contributed by atoms with Crippen molar-refractivity contribution < 1.29 is 5.21 Å². The second kappa shape index (κ2) is 3.87. The van der Waals surface area contributed by atoms with E-state index in [2.05, 4.69) is 20.3 Å². The molecule has 1 saturated heterocycles. The van der Waals surface area contributed by atoms with Crippen LogP contribution in [0.2, 0.25) is 0 Å². The number of anilines is 1. The van der Waals surface area contributed by atoms with E-state index in [-0.39, 0.29) is 5.84 Å². The number of piperidine rings is 1. The van der Waals surface area contributed by atoms with Gasteiger partial charge < -0.3 is 15.8 Å². The Bertz CT molecular complexity index is 461. The summed E-state index contributed by atoms with van der Waals surface area (Å²) >= 11 is 0. The Hall–Kier alpha value is -1.85. The van der Waals surface area contributed by atoms with Crippen LogP contribution in [-0.4, -0.2) is 33.8 Å². The van der Waals surface area contributed by atoms with Crippen molar-refractivity contribution in [2.24, 2.45) is 16.8 Å². The summed E-state index contributed by atoms with van der Waals surface area (Å²) in [5, 5.41) is 19.9. The van der Waals surface area contributed by atoms with Crippen LogP contribution in [0.15, 0.2) is 17.4 Å². The molecular weight excluding hydrogens is 218 g/mol. The quantitative estimate of drug-likeness (QED) is 0.337. The van der Waals surface area contributed by atoms with E-state index in [1.807, 2.05) is 0 Å². The zero-order chi connectivity index (χ0) is 11.8. The van der Waals surface area contributed by atoms with Gasteiger partial charge in [-0.1, -0.05) is 5.16 Å². The molecule has 3 N–H and O–H groups in total. The number of nitrogens with zero attached hydrogens (tertiary/aromatic N) is 4. The van der Waals surface area contributed by atoms with Gasteiger partial charge in [-0.3, -0.25) is 0 Å². The van der Waals surface area contributed by atoms with E-state index < -0.39 is 0 Å². The van der Waals surface area contributed by atoms with Gasteiger partial charge in [-0.05, 0) is 31.2 Å². The average molecular weight is 233 g/mol. The minimum atomic E-state index is 0.0951. The highest BCUT2D eigenvalue weighted by atomic mass is 16.4. The van der Waals surface area contributed by atoms with Gasteiger partial charge in [0.1, 0.15) is 0 Å². The van der Waals surface area contributed by atoms with Crippen molar-refractivity contribution in [3.63, 3.8) is 0 Å². The molecule has 17 heavy (non-hydrogen) atoms. The third kappa shape index (κ3) is 1.60. The number of rotatable bonds is 2. The monoisotopic (exact) mass is 233 g/mol. The Morgan fingerprint density at radius 3 is 3.06 bits per heavy atom. The molecule has 1 aliphatic heterocycles. The summed E-state index contributed by atoms with van der Waals surface area (Å²) in [6, 6.07) is 2.28. The van der Waals surface area contributed by atoms with Gasteiger partial charge in [0.25, 0.3) is 0 Å². The third-order valence-corrected chi connectivity index (χ3v) is 3.77. The number of nitrogens with two attached hydrogens (primary N) is 1. The van der Waals surface area contributed by atoms with Crippen molar-refractivity contribution in [1.29, 1.82) is 0 Å². The summed E-state index contributed by atoms with van der Waals surface area (Å²) in [5.74, 6) is 1.61. The second-order valence-electron chi connectivity index (χ2n) is 4.74. The molecule has 2 atom stereocenters. The molecule has 90 valence electrons. The first-order valence-corrected chi connectivity index (χ1v) is 5.86. The van der Waals surface area contributed by atoms with Crippen molar-refractivity contribution in [2.75, 3.05) is 11.4 Å². The SMILES string of the molecule is N/C(=N/O)c1ccnnc1N1CC2CCC1C2. The van der Waals surface area contributed by atoms with Crippen LogP contribution < -0.4 is 10.6 Å². The average Bonchev–Trinajstić information content (AvgIpc) is 3.00. The van der Waals surface area contributed by atoms with Crippen molar-refractivity contribution in [3.8, 4) is 0 Å². The fraction of sp³-hybridized carbons (Fsp3) is 0.545. The van der Waals surface area contributed by atoms with Crippen molar-refractivity contribution in [1.82, 2.24) is 10.2 Å². The van der Waals surface area contributed by atoms with Gasteiger partial charge in [0.2, 0.25) is 0 Å². The van der Waals surface area contributed by atoms with Gasteiger partial charge in [-0.2, -0.15) is 5.10 Å². The highest BCUT2D eigenvalue weighted by Crippen LogP contribution is 2.40. The molecule has 2 fully saturated rings. The summed E-state index contributed by atoms with van der Waals surface area (Å²) in [4.78, 5) is 2.24. The maximum Gasteiger partial charge on any atom is 0.173 e. The predicted octanol–water partition coefficient (Wildman–Crippen LogP) is 0.560. The molecule has 2 aliphatic rings. The number of hydrogen-bond donors (Lipinski definition) is 2. The highest BCUT2D eigenvalue weighted by molar-refractivity contribution is 6.01. The van der Waals surface area contributed by atoms with Gasteiger partial charge in [0.15, 0.2) is 11.7 Å². The van der Waals surface area contributed by atoms with Gasteiger partial charge in [0, 0.05) is 12.6 Å². The highest BCUT2D eigenvalue weighted by Gasteiger charge is 2.39. The largest absolute Gasteiger partial charge is 0.409 e. The second-order valence-corrected chi connectivity index (χ2v) is 4.74. The lowest BCUT2D eigenvalue weighted by atomic mass is 10.1. The molecule has 1 aliphatic carbocycles. The van der Waals surface area contributed by atoms with Crippen LogP contribution >= 0.6 is 0 Å². The summed E-state index contributed by atoms with van der Waals surface area (Å²) in [7, 11) is 0. The maximum atomic E-state index is 8.78. The molecule has 2 unspecified atom stereocenters. The van der Waals surface area contributed by atoms with Gasteiger partial charge in [0.05, 0.1) is 11.8 Å². The van der Waals surface area contributed by atoms with Gasteiger partial charge >= 0.3 is 0 Å². The number of oxime groups is 1. The molecule has 6 nitrogen and oxygen atoms in total. The smallest absolute Gasteiger partial charge is 0.173 e. The van der Waals surface area contributed by atoms with Crippen LogP contribution in [0, 0.1) is 5.92 Å². The molecule has 2 bridgehead atoms. The maximum absolute atomic E-state index is 8.78. The topological polar surface area (TPSA) is 87.6 Å². The molecule has 6 heteroatoms. The van der Waals surface area contributed by atoms with Crippen LogP contribution in [0.4, 0.5) is 5.82 Å². The number of aromatic nitrogens is 2. The molecule has 3 rings (SSSR count). The fourth-order valence-electron chi connectivity index (χ4n) is 2.97. The number of fused-ring (bicyclic) bond motifs is 2. The van der Waals surface area contributed by atoms with Crippen molar-refractivity contribution in [3.05, 3.63) is 17.8 Å². The van der Waals surface area contributed by atoms with Crippen LogP contribution in [0.1, 0.15) is 24.8 Å². The fourth-order valence-corrected chi connectivity index (χ4v) is 2.97. The molecule has 0 spiro atoms. The normalized spacial score (nSPS) is 27.8. The molecule has 0 radical (unpaired) electrons. The minimum absolute atomic E-state index is 0.0951. The first-order valence-electron chi connectivity index (χ1n) is 5.86. The molecule has 2 heterocycles. The lowest BCUT2D eigenvalue weighted by Gasteiger charge is -2.28. The Morgan fingerprint density at radius 2 is 2.41 bits per heavy atom. The molecule has 0 aromatic carbocycles. The summed E-state index contributed by atoms with van der Waals surface area (Å²) in [6.07, 6.45) is 5.30. The lowest BCUT2D eigenvalue weighted by molar-refractivity contribution is 0.318. The predicted molar refractivity (Wildman–Crippen MR) is 63.0 cm³/mol. The standard InChI is InChI=1S/C11H15N5O/c12-10(15-17)9-3-4-13-14-11(9)16-6-7-1-2-8(16)5-7/h3-4,7-8,17H,1-2,5-6H2,(H2,12,15). The van der Waals surface area contributed by atoms with Gasteiger partial charge in [-0.25, -0.2) is 0 Å². The molecule has 0 amide bonds. The molecule has 1 aromatic heterocycles. The van der Waals surface area contributed by atoms with E-state index in [0.29, 0.717) is 11.6 Å². The van der Waals surface area contributed by atoms with Crippen molar-refractivity contribution >= 4 is 11.7 Å². The Kier molecular flexibility index (Phi) is 2.35. The zero-order valence-corrected chi connectivity index (χ0v) is 9.45.